The molecule has 0 N–H and O–H groups in total. The molecule has 0 aliphatic carbocycles. The number of carbonyl (C=O) groups excluding carboxylic acids is 4. The van der Waals surface area contributed by atoms with Crippen molar-refractivity contribution in [2.75, 3.05) is 13.2 Å². The highest BCUT2D eigenvalue weighted by atomic mass is 16.8. The summed E-state index contributed by atoms with van der Waals surface area (Å²) < 4.78 is 40.5. The van der Waals surface area contributed by atoms with Crippen LogP contribution in [0.4, 0.5) is 14.4 Å². The summed E-state index contributed by atoms with van der Waals surface area (Å²) in [5, 5.41) is 0. The van der Waals surface area contributed by atoms with Crippen molar-refractivity contribution in [3.8, 4) is 0 Å². The molecule has 12 heteroatoms. The van der Waals surface area contributed by atoms with Crippen LogP contribution < -0.4 is 0 Å². The van der Waals surface area contributed by atoms with E-state index in [0.29, 0.717) is 5.57 Å². The SMILES string of the molecule is C=C(C)C(=O)O[C@H]1CO[C@H]2[C@@H]1OC[C@H]2OC(=O)OC(C)(C)C.CC(C)(C)OC(=O)OC(=O)OC(C)(C)C. The molecule has 0 aromatic carbocycles. The Hall–Kier alpha value is -2.86. The molecule has 0 radical (unpaired) electrons. The van der Waals surface area contributed by atoms with Crippen molar-refractivity contribution in [2.45, 2.75) is 110 Å². The van der Waals surface area contributed by atoms with Crippen LogP contribution in [0.15, 0.2) is 12.2 Å². The van der Waals surface area contributed by atoms with Crippen molar-refractivity contribution in [3.05, 3.63) is 12.2 Å². The van der Waals surface area contributed by atoms with Gasteiger partial charge in [0, 0.05) is 5.57 Å². The van der Waals surface area contributed by atoms with E-state index in [-0.39, 0.29) is 13.2 Å². The number of hydrogen-bond acceptors (Lipinski definition) is 12. The summed E-state index contributed by atoms with van der Waals surface area (Å²) in [6, 6.07) is 0. The second-order valence-corrected chi connectivity index (χ2v) is 11.5. The highest BCUT2D eigenvalue weighted by Crippen LogP contribution is 2.31. The number of hydrogen-bond donors (Lipinski definition) is 0. The highest BCUT2D eigenvalue weighted by molar-refractivity contribution is 5.87. The standard InChI is InChI=1S/C15H22O7.C10H18O5/c1-8(2)13(16)20-9-6-18-12-10(7-19-11(9)12)21-14(17)22-15(3,4)5;1-9(2,3)14-7(11)13-8(12)15-10(4,5)6/h9-12H,1,6-7H2,2-5H3;1-6H3/t9-,10+,11+,12+;/m0./s1. The van der Waals surface area contributed by atoms with E-state index >= 15 is 0 Å². The lowest BCUT2D eigenvalue weighted by molar-refractivity contribution is -0.148. The smallest absolute Gasteiger partial charge is 0.454 e. The molecule has 4 atom stereocenters. The Bertz CT molecular complexity index is 817. The van der Waals surface area contributed by atoms with Gasteiger partial charge in [0.2, 0.25) is 0 Å². The van der Waals surface area contributed by atoms with Crippen molar-refractivity contribution < 1.29 is 57.1 Å². The topological polar surface area (TPSA) is 142 Å². The highest BCUT2D eigenvalue weighted by Gasteiger charge is 2.51. The van der Waals surface area contributed by atoms with Crippen LogP contribution >= 0.6 is 0 Å². The third kappa shape index (κ3) is 12.8. The van der Waals surface area contributed by atoms with Crippen LogP contribution in [-0.4, -0.2) is 78.9 Å². The molecule has 0 bridgehead atoms. The average Bonchev–Trinajstić information content (AvgIpc) is 3.20. The zero-order valence-corrected chi connectivity index (χ0v) is 23.3. The quantitative estimate of drug-likeness (QED) is 0.219. The summed E-state index contributed by atoms with van der Waals surface area (Å²) in [6.07, 6.45) is -4.90. The van der Waals surface area contributed by atoms with E-state index < -0.39 is 65.7 Å². The Kier molecular flexibility index (Phi) is 10.9. The number of rotatable bonds is 3. The maximum absolute atomic E-state index is 11.7. The second-order valence-electron chi connectivity index (χ2n) is 11.5. The number of carbonyl (C=O) groups is 4. The Labute approximate surface area is 217 Å². The summed E-state index contributed by atoms with van der Waals surface area (Å²) in [7, 11) is 0. The molecule has 12 nitrogen and oxygen atoms in total. The summed E-state index contributed by atoms with van der Waals surface area (Å²) >= 11 is 0. The molecule has 0 aromatic rings. The molecule has 2 aliphatic rings. The molecule has 0 amide bonds. The molecule has 2 aliphatic heterocycles. The molecule has 0 saturated carbocycles. The lowest BCUT2D eigenvalue weighted by atomic mass is 10.1. The summed E-state index contributed by atoms with van der Waals surface area (Å²) in [4.78, 5) is 45.3. The van der Waals surface area contributed by atoms with E-state index in [0.717, 1.165) is 0 Å². The first-order valence-electron chi connectivity index (χ1n) is 11.8. The predicted octanol–water partition coefficient (Wildman–Crippen LogP) is 4.47. The van der Waals surface area contributed by atoms with Crippen LogP contribution in [0, 0.1) is 0 Å². The van der Waals surface area contributed by atoms with Crippen LogP contribution in [0.1, 0.15) is 69.2 Å². The van der Waals surface area contributed by atoms with Crippen molar-refractivity contribution in [2.24, 2.45) is 0 Å². The van der Waals surface area contributed by atoms with Gasteiger partial charge in [-0.2, -0.15) is 0 Å². The maximum atomic E-state index is 11.7. The fourth-order valence-corrected chi connectivity index (χ4v) is 2.88. The second kappa shape index (κ2) is 12.6. The lowest BCUT2D eigenvalue weighted by Crippen LogP contribution is -2.37. The molecule has 2 heterocycles. The van der Waals surface area contributed by atoms with Gasteiger partial charge in [0.15, 0.2) is 12.2 Å². The van der Waals surface area contributed by atoms with Crippen LogP contribution in [0.25, 0.3) is 0 Å². The third-order valence-corrected chi connectivity index (χ3v) is 4.15. The van der Waals surface area contributed by atoms with Gasteiger partial charge in [0.25, 0.3) is 0 Å². The summed E-state index contributed by atoms with van der Waals surface area (Å²) in [5.74, 6) is -0.491. The Balaban J connectivity index is 0.000000401. The van der Waals surface area contributed by atoms with Gasteiger partial charge in [-0.25, -0.2) is 19.2 Å². The third-order valence-electron chi connectivity index (χ3n) is 4.15. The summed E-state index contributed by atoms with van der Waals surface area (Å²) in [6.45, 7) is 20.7. The van der Waals surface area contributed by atoms with Crippen LogP contribution in [0.2, 0.25) is 0 Å². The molecule has 0 unspecified atom stereocenters. The molecule has 0 spiro atoms. The van der Waals surface area contributed by atoms with E-state index in [9.17, 15) is 19.2 Å². The zero-order valence-electron chi connectivity index (χ0n) is 23.3. The van der Waals surface area contributed by atoms with Crippen molar-refractivity contribution in [1.82, 2.24) is 0 Å². The molecule has 37 heavy (non-hydrogen) atoms. The first-order valence-corrected chi connectivity index (χ1v) is 11.8. The molecular formula is C25H40O12. The minimum absolute atomic E-state index is 0.176. The predicted molar refractivity (Wildman–Crippen MR) is 129 cm³/mol. The Morgan fingerprint density at radius 1 is 0.649 bits per heavy atom. The van der Waals surface area contributed by atoms with E-state index in [2.05, 4.69) is 11.3 Å². The Morgan fingerprint density at radius 3 is 1.35 bits per heavy atom. The van der Waals surface area contributed by atoms with E-state index in [4.69, 9.17) is 33.2 Å². The van der Waals surface area contributed by atoms with Crippen molar-refractivity contribution >= 4 is 24.4 Å². The monoisotopic (exact) mass is 532 g/mol. The molecule has 2 fully saturated rings. The van der Waals surface area contributed by atoms with E-state index in [1.807, 2.05) is 0 Å². The first kappa shape index (κ1) is 32.2. The summed E-state index contributed by atoms with van der Waals surface area (Å²) in [5.41, 5.74) is -1.72. The zero-order chi connectivity index (χ0) is 28.8. The molecule has 212 valence electrons. The van der Waals surface area contributed by atoms with Crippen molar-refractivity contribution in [3.63, 3.8) is 0 Å². The van der Waals surface area contributed by atoms with Gasteiger partial charge < -0.3 is 37.9 Å². The van der Waals surface area contributed by atoms with Gasteiger partial charge in [0.05, 0.1) is 13.2 Å². The molecule has 2 saturated heterocycles. The van der Waals surface area contributed by atoms with Crippen molar-refractivity contribution in [1.29, 1.82) is 0 Å². The van der Waals surface area contributed by atoms with Gasteiger partial charge >= 0.3 is 24.4 Å². The number of fused-ring (bicyclic) bond motifs is 1. The minimum Gasteiger partial charge on any atom is -0.454 e. The number of ether oxygens (including phenoxy) is 8. The van der Waals surface area contributed by atoms with E-state index in [1.165, 1.54) is 0 Å². The molecule has 0 aromatic heterocycles. The maximum Gasteiger partial charge on any atom is 0.519 e. The Morgan fingerprint density at radius 2 is 1.00 bits per heavy atom. The van der Waals surface area contributed by atoms with Crippen LogP contribution in [0.5, 0.6) is 0 Å². The minimum atomic E-state index is -1.06. The van der Waals surface area contributed by atoms with Crippen LogP contribution in [-0.2, 0) is 42.7 Å². The lowest BCUT2D eigenvalue weighted by Gasteiger charge is -2.22. The number of esters is 1. The average molecular weight is 533 g/mol. The van der Waals surface area contributed by atoms with Gasteiger partial charge in [-0.3, -0.25) is 0 Å². The largest absolute Gasteiger partial charge is 0.519 e. The first-order chi connectivity index (χ1) is 16.7. The molecule has 2 rings (SSSR count). The van der Waals surface area contributed by atoms with Gasteiger partial charge in [-0.15, -0.1) is 0 Å². The van der Waals surface area contributed by atoms with Crippen LogP contribution in [0.3, 0.4) is 0 Å². The van der Waals surface area contributed by atoms with Gasteiger partial charge in [-0.1, -0.05) is 6.58 Å². The fourth-order valence-electron chi connectivity index (χ4n) is 2.88. The van der Waals surface area contributed by atoms with Gasteiger partial charge in [0.1, 0.15) is 29.0 Å². The van der Waals surface area contributed by atoms with Gasteiger partial charge in [-0.05, 0) is 69.2 Å². The normalized spacial score (nSPS) is 23.0. The fraction of sp³-hybridized carbons (Fsp3) is 0.760. The van der Waals surface area contributed by atoms with E-state index in [1.54, 1.807) is 69.2 Å². The molecular weight excluding hydrogens is 492 g/mol.